The second-order valence-corrected chi connectivity index (χ2v) is 4.60. The molecular formula is C13H18N2O. The lowest BCUT2D eigenvalue weighted by Crippen LogP contribution is -2.47. The molecule has 3 nitrogen and oxygen atoms in total. The fraction of sp³-hybridized carbons (Fsp3) is 0.538. The van der Waals surface area contributed by atoms with E-state index in [1.807, 2.05) is 25.4 Å². The molecule has 0 amide bonds. The topological polar surface area (TPSA) is 33.2 Å². The predicted octanol–water partition coefficient (Wildman–Crippen LogP) is 2.19. The van der Waals surface area contributed by atoms with Crippen LogP contribution in [0.3, 0.4) is 0 Å². The van der Waals surface area contributed by atoms with E-state index in [0.717, 1.165) is 12.2 Å². The molecule has 1 aromatic heterocycles. The molecule has 0 aromatic carbocycles. The molecule has 1 aliphatic heterocycles. The van der Waals surface area contributed by atoms with Gasteiger partial charge in [0.15, 0.2) is 0 Å². The van der Waals surface area contributed by atoms with Gasteiger partial charge in [-0.05, 0) is 25.5 Å². The van der Waals surface area contributed by atoms with Gasteiger partial charge in [-0.1, -0.05) is 6.92 Å². The van der Waals surface area contributed by atoms with Crippen LogP contribution in [0.25, 0.3) is 0 Å². The van der Waals surface area contributed by atoms with E-state index in [0.29, 0.717) is 12.2 Å². The Bertz CT molecular complexity index is 403. The number of hydrogen-bond acceptors (Lipinski definition) is 3. The van der Waals surface area contributed by atoms with Gasteiger partial charge in [-0.15, -0.1) is 0 Å². The zero-order valence-electron chi connectivity index (χ0n) is 10.1. The summed E-state index contributed by atoms with van der Waals surface area (Å²) in [5.74, 6) is 0.499. The molecule has 0 spiro atoms. The molecule has 0 N–H and O–H groups in total. The summed E-state index contributed by atoms with van der Waals surface area (Å²) in [6.07, 6.45) is 4.36. The molecule has 0 aliphatic carbocycles. The van der Waals surface area contributed by atoms with Crippen LogP contribution in [0.15, 0.2) is 18.5 Å². The second kappa shape index (κ2) is 4.24. The molecule has 0 radical (unpaired) electrons. The van der Waals surface area contributed by atoms with Crippen molar-refractivity contribution < 1.29 is 4.79 Å². The van der Waals surface area contributed by atoms with E-state index in [2.05, 4.69) is 23.7 Å². The molecule has 2 atom stereocenters. The Morgan fingerprint density at radius 1 is 1.44 bits per heavy atom. The van der Waals surface area contributed by atoms with E-state index in [-0.39, 0.29) is 12.0 Å². The highest BCUT2D eigenvalue weighted by Gasteiger charge is 2.31. The van der Waals surface area contributed by atoms with E-state index in [1.165, 1.54) is 5.56 Å². The first-order valence-electron chi connectivity index (χ1n) is 5.81. The quantitative estimate of drug-likeness (QED) is 0.724. The van der Waals surface area contributed by atoms with Crippen LogP contribution < -0.4 is 4.90 Å². The number of aryl methyl sites for hydroxylation is 1. The number of carbonyl (C=O) groups excluding carboxylic acids is 1. The molecule has 2 heterocycles. The highest BCUT2D eigenvalue weighted by Crippen LogP contribution is 2.28. The lowest BCUT2D eigenvalue weighted by Gasteiger charge is -2.39. The summed E-state index contributed by atoms with van der Waals surface area (Å²) >= 11 is 0. The highest BCUT2D eigenvalue weighted by molar-refractivity contribution is 5.84. The summed E-state index contributed by atoms with van der Waals surface area (Å²) in [7, 11) is 0. The largest absolute Gasteiger partial charge is 0.366 e. The monoisotopic (exact) mass is 218 g/mol. The Labute approximate surface area is 96.5 Å². The summed E-state index contributed by atoms with van der Waals surface area (Å²) in [4.78, 5) is 18.1. The summed E-state index contributed by atoms with van der Waals surface area (Å²) in [6, 6.07) is 2.28. The van der Waals surface area contributed by atoms with Crippen molar-refractivity contribution in [2.24, 2.45) is 5.92 Å². The summed E-state index contributed by atoms with van der Waals surface area (Å²) in [5, 5.41) is 0. The molecule has 3 heteroatoms. The van der Waals surface area contributed by atoms with Crippen LogP contribution in [0, 0.1) is 12.8 Å². The van der Waals surface area contributed by atoms with Gasteiger partial charge >= 0.3 is 0 Å². The van der Waals surface area contributed by atoms with Crippen LogP contribution in [-0.2, 0) is 4.79 Å². The second-order valence-electron chi connectivity index (χ2n) is 4.60. The minimum absolute atomic E-state index is 0.119. The number of pyridine rings is 1. The first-order chi connectivity index (χ1) is 7.61. The third-order valence-corrected chi connectivity index (χ3v) is 3.64. The maximum atomic E-state index is 11.6. The third-order valence-electron chi connectivity index (χ3n) is 3.64. The van der Waals surface area contributed by atoms with Crippen molar-refractivity contribution in [2.75, 3.05) is 11.4 Å². The maximum Gasteiger partial charge on any atom is 0.139 e. The Morgan fingerprint density at radius 3 is 2.88 bits per heavy atom. The van der Waals surface area contributed by atoms with Gasteiger partial charge in [0, 0.05) is 31.1 Å². The average molecular weight is 218 g/mol. The van der Waals surface area contributed by atoms with Gasteiger partial charge in [-0.3, -0.25) is 9.78 Å². The lowest BCUT2D eigenvalue weighted by atomic mass is 9.90. The van der Waals surface area contributed by atoms with E-state index in [1.54, 1.807) is 0 Å². The fourth-order valence-electron chi connectivity index (χ4n) is 2.30. The minimum Gasteiger partial charge on any atom is -0.366 e. The predicted molar refractivity (Wildman–Crippen MR) is 64.6 cm³/mol. The van der Waals surface area contributed by atoms with E-state index >= 15 is 0 Å². The first kappa shape index (κ1) is 11.1. The van der Waals surface area contributed by atoms with Gasteiger partial charge < -0.3 is 4.90 Å². The van der Waals surface area contributed by atoms with Gasteiger partial charge in [0.25, 0.3) is 0 Å². The Balaban J connectivity index is 2.29. The van der Waals surface area contributed by atoms with Gasteiger partial charge in [0.2, 0.25) is 0 Å². The number of rotatable bonds is 1. The highest BCUT2D eigenvalue weighted by atomic mass is 16.1. The molecule has 1 saturated heterocycles. The number of nitrogens with zero attached hydrogens (tertiary/aromatic N) is 2. The Kier molecular flexibility index (Phi) is 2.95. The zero-order chi connectivity index (χ0) is 11.7. The smallest absolute Gasteiger partial charge is 0.139 e. The van der Waals surface area contributed by atoms with Crippen molar-refractivity contribution in [3.63, 3.8) is 0 Å². The summed E-state index contributed by atoms with van der Waals surface area (Å²) in [5.41, 5.74) is 2.39. The molecule has 0 bridgehead atoms. The van der Waals surface area contributed by atoms with Crippen molar-refractivity contribution in [3.05, 3.63) is 24.0 Å². The zero-order valence-corrected chi connectivity index (χ0v) is 10.1. The molecule has 16 heavy (non-hydrogen) atoms. The number of hydrogen-bond donors (Lipinski definition) is 0. The van der Waals surface area contributed by atoms with Crippen molar-refractivity contribution in [3.8, 4) is 0 Å². The maximum absolute atomic E-state index is 11.6. The van der Waals surface area contributed by atoms with Crippen LogP contribution >= 0.6 is 0 Å². The molecule has 2 unspecified atom stereocenters. The van der Waals surface area contributed by atoms with Crippen LogP contribution in [-0.4, -0.2) is 23.4 Å². The van der Waals surface area contributed by atoms with Crippen LogP contribution in [0.4, 0.5) is 5.69 Å². The van der Waals surface area contributed by atoms with Crippen molar-refractivity contribution in [1.82, 2.24) is 4.98 Å². The van der Waals surface area contributed by atoms with E-state index in [9.17, 15) is 4.79 Å². The van der Waals surface area contributed by atoms with Crippen LogP contribution in [0.2, 0.25) is 0 Å². The third kappa shape index (κ3) is 1.82. The molecule has 0 saturated carbocycles. The lowest BCUT2D eigenvalue weighted by molar-refractivity contribution is -0.123. The number of anilines is 1. The summed E-state index contributed by atoms with van der Waals surface area (Å²) < 4.78 is 0. The SMILES string of the molecule is Cc1ccncc1N1CCC(=O)C(C)C1C. The number of piperidine rings is 1. The van der Waals surface area contributed by atoms with Gasteiger partial charge in [0.1, 0.15) is 5.78 Å². The van der Waals surface area contributed by atoms with Crippen LogP contribution in [0.5, 0.6) is 0 Å². The normalized spacial score (nSPS) is 25.9. The van der Waals surface area contributed by atoms with E-state index < -0.39 is 0 Å². The number of ketones is 1. The van der Waals surface area contributed by atoms with E-state index in [4.69, 9.17) is 0 Å². The molecule has 1 aromatic rings. The minimum atomic E-state index is 0.119. The van der Waals surface area contributed by atoms with Crippen molar-refractivity contribution in [1.29, 1.82) is 0 Å². The fourth-order valence-corrected chi connectivity index (χ4v) is 2.30. The average Bonchev–Trinajstić information content (AvgIpc) is 2.28. The molecular weight excluding hydrogens is 200 g/mol. The molecule has 1 fully saturated rings. The Hall–Kier alpha value is -1.38. The molecule has 1 aliphatic rings. The number of aromatic nitrogens is 1. The first-order valence-corrected chi connectivity index (χ1v) is 5.81. The van der Waals surface area contributed by atoms with Crippen molar-refractivity contribution in [2.45, 2.75) is 33.2 Å². The molecule has 86 valence electrons. The molecule has 2 rings (SSSR count). The number of Topliss-reactive ketones (excluding diaryl/α,β-unsaturated/α-hetero) is 1. The number of carbonyl (C=O) groups is 1. The Morgan fingerprint density at radius 2 is 2.19 bits per heavy atom. The van der Waals surface area contributed by atoms with Gasteiger partial charge in [-0.2, -0.15) is 0 Å². The van der Waals surface area contributed by atoms with Crippen molar-refractivity contribution >= 4 is 11.5 Å². The van der Waals surface area contributed by atoms with Gasteiger partial charge in [-0.25, -0.2) is 0 Å². The standard InChI is InChI=1S/C13H18N2O/c1-9-4-6-14-8-12(9)15-7-5-13(16)10(2)11(15)3/h4,6,8,10-11H,5,7H2,1-3H3. The van der Waals surface area contributed by atoms with Crippen LogP contribution in [0.1, 0.15) is 25.8 Å². The summed E-state index contributed by atoms with van der Waals surface area (Å²) in [6.45, 7) is 7.04. The van der Waals surface area contributed by atoms with Gasteiger partial charge in [0.05, 0.1) is 11.9 Å².